The number of hydrogen-bond donors (Lipinski definition) is 3. The van der Waals surface area contributed by atoms with Crippen LogP contribution in [0.4, 0.5) is 5.69 Å². The van der Waals surface area contributed by atoms with Crippen molar-refractivity contribution in [2.75, 3.05) is 32.1 Å². The Hall–Kier alpha value is -2.61. The molecule has 1 fully saturated rings. The number of methoxy groups -OCH3 is 1. The van der Waals surface area contributed by atoms with Crippen LogP contribution in [-0.4, -0.2) is 61.1 Å². The van der Waals surface area contributed by atoms with Crippen LogP contribution >= 0.6 is 0 Å². The fourth-order valence-corrected chi connectivity index (χ4v) is 3.78. The summed E-state index contributed by atoms with van der Waals surface area (Å²) in [6.07, 6.45) is 1.25. The molecule has 1 spiro atoms. The summed E-state index contributed by atoms with van der Waals surface area (Å²) in [6, 6.07) is 5.08. The number of benzene rings is 1. The van der Waals surface area contributed by atoms with E-state index in [0.29, 0.717) is 38.1 Å². The predicted molar refractivity (Wildman–Crippen MR) is 105 cm³/mol. The van der Waals surface area contributed by atoms with Crippen molar-refractivity contribution in [3.63, 3.8) is 0 Å². The number of nitrogens with one attached hydrogen (secondary N) is 3. The highest BCUT2D eigenvalue weighted by Gasteiger charge is 2.41. The summed E-state index contributed by atoms with van der Waals surface area (Å²) in [5.74, 6) is -0.430. The molecule has 3 N–H and O–H groups in total. The topological polar surface area (TPSA) is 99.8 Å². The summed E-state index contributed by atoms with van der Waals surface area (Å²) in [5.41, 5.74) is 1.77. The van der Waals surface area contributed by atoms with Crippen molar-refractivity contribution in [3.05, 3.63) is 29.3 Å². The summed E-state index contributed by atoms with van der Waals surface area (Å²) in [4.78, 5) is 39.2. The number of carbonyl (C=O) groups is 3. The number of amides is 3. The lowest BCUT2D eigenvalue weighted by Crippen LogP contribution is -2.58. The minimum atomic E-state index is -0.686. The number of aryl methyl sites for hydroxylation is 1. The second-order valence-electron chi connectivity index (χ2n) is 7.51. The number of fused-ring (bicyclic) bond motifs is 1. The van der Waals surface area contributed by atoms with Gasteiger partial charge in [-0.3, -0.25) is 14.4 Å². The SMILES string of the molecule is COCCNC(=O)[C@@H](C)N1CC[C@]2(CCC1=O)NC(=O)c1ccc(C)cc1N2. The maximum Gasteiger partial charge on any atom is 0.255 e. The van der Waals surface area contributed by atoms with Crippen LogP contribution in [0.1, 0.15) is 42.1 Å². The van der Waals surface area contributed by atoms with E-state index in [1.807, 2.05) is 19.1 Å². The van der Waals surface area contributed by atoms with E-state index in [2.05, 4.69) is 16.0 Å². The van der Waals surface area contributed by atoms with Gasteiger partial charge < -0.3 is 25.6 Å². The molecule has 8 nitrogen and oxygen atoms in total. The van der Waals surface area contributed by atoms with Crippen LogP contribution in [0.5, 0.6) is 0 Å². The van der Waals surface area contributed by atoms with Gasteiger partial charge >= 0.3 is 0 Å². The van der Waals surface area contributed by atoms with E-state index in [1.54, 1.807) is 25.0 Å². The first-order chi connectivity index (χ1) is 13.3. The van der Waals surface area contributed by atoms with Crippen LogP contribution in [0.25, 0.3) is 0 Å². The van der Waals surface area contributed by atoms with Crippen molar-refractivity contribution < 1.29 is 19.1 Å². The highest BCUT2D eigenvalue weighted by molar-refractivity contribution is 6.02. The molecule has 2 aliphatic heterocycles. The summed E-state index contributed by atoms with van der Waals surface area (Å²) in [6.45, 7) is 4.91. The Labute approximate surface area is 165 Å². The number of ether oxygens (including phenoxy) is 1. The lowest BCUT2D eigenvalue weighted by Gasteiger charge is -2.40. The lowest BCUT2D eigenvalue weighted by molar-refractivity contribution is -0.139. The highest BCUT2D eigenvalue weighted by atomic mass is 16.5. The quantitative estimate of drug-likeness (QED) is 0.654. The van der Waals surface area contributed by atoms with Gasteiger partial charge in [0, 0.05) is 38.7 Å². The standard InChI is InChI=1S/C20H28N4O4/c1-13-4-5-15-16(12-13)22-20(23-19(15)27)7-6-17(25)24(10-8-20)14(2)18(26)21-9-11-28-3/h4-5,12,14,22H,6-11H2,1-3H3,(H,21,26)(H,23,27)/t14-,20+/m1/s1. The fraction of sp³-hybridized carbons (Fsp3) is 0.550. The molecule has 2 heterocycles. The van der Waals surface area contributed by atoms with Crippen LogP contribution in [-0.2, 0) is 14.3 Å². The molecule has 1 aromatic carbocycles. The van der Waals surface area contributed by atoms with Gasteiger partial charge in [-0.25, -0.2) is 0 Å². The molecule has 1 aromatic rings. The Morgan fingerprint density at radius 3 is 2.86 bits per heavy atom. The zero-order valence-electron chi connectivity index (χ0n) is 16.6. The first kappa shape index (κ1) is 20.1. The van der Waals surface area contributed by atoms with Crippen molar-refractivity contribution in [1.82, 2.24) is 15.5 Å². The normalized spacial score (nSPS) is 22.8. The van der Waals surface area contributed by atoms with Crippen LogP contribution in [0, 0.1) is 6.92 Å². The van der Waals surface area contributed by atoms with Gasteiger partial charge in [0.1, 0.15) is 11.7 Å². The second kappa shape index (κ2) is 8.18. The van der Waals surface area contributed by atoms with Gasteiger partial charge in [0.2, 0.25) is 11.8 Å². The monoisotopic (exact) mass is 388 g/mol. The molecular formula is C20H28N4O4. The third kappa shape index (κ3) is 4.11. The van der Waals surface area contributed by atoms with Crippen molar-refractivity contribution >= 4 is 23.4 Å². The van der Waals surface area contributed by atoms with E-state index in [-0.39, 0.29) is 24.1 Å². The van der Waals surface area contributed by atoms with E-state index in [9.17, 15) is 14.4 Å². The second-order valence-corrected chi connectivity index (χ2v) is 7.51. The largest absolute Gasteiger partial charge is 0.383 e. The number of likely N-dealkylation sites (tertiary alicyclic amines) is 1. The summed E-state index contributed by atoms with van der Waals surface area (Å²) in [7, 11) is 1.57. The number of hydrogen-bond acceptors (Lipinski definition) is 5. The molecule has 28 heavy (non-hydrogen) atoms. The summed E-state index contributed by atoms with van der Waals surface area (Å²) < 4.78 is 4.94. The Morgan fingerprint density at radius 1 is 1.32 bits per heavy atom. The summed E-state index contributed by atoms with van der Waals surface area (Å²) in [5, 5.41) is 9.28. The van der Waals surface area contributed by atoms with Gasteiger partial charge in [-0.1, -0.05) is 6.07 Å². The summed E-state index contributed by atoms with van der Waals surface area (Å²) >= 11 is 0. The van der Waals surface area contributed by atoms with Gasteiger partial charge in [-0.2, -0.15) is 0 Å². The van der Waals surface area contributed by atoms with Gasteiger partial charge in [0.05, 0.1) is 12.2 Å². The number of anilines is 1. The highest BCUT2D eigenvalue weighted by Crippen LogP contribution is 2.32. The van der Waals surface area contributed by atoms with E-state index in [0.717, 1.165) is 11.3 Å². The zero-order valence-corrected chi connectivity index (χ0v) is 16.6. The maximum absolute atomic E-state index is 12.7. The maximum atomic E-state index is 12.7. The molecule has 0 aliphatic carbocycles. The van der Waals surface area contributed by atoms with E-state index in [1.165, 1.54) is 0 Å². The van der Waals surface area contributed by atoms with Gasteiger partial charge in [0.15, 0.2) is 0 Å². The molecule has 1 saturated heterocycles. The van der Waals surface area contributed by atoms with Gasteiger partial charge in [-0.05, 0) is 38.0 Å². The Balaban J connectivity index is 1.72. The molecule has 0 bridgehead atoms. The van der Waals surface area contributed by atoms with Gasteiger partial charge in [0.25, 0.3) is 5.91 Å². The molecule has 0 unspecified atom stereocenters. The van der Waals surface area contributed by atoms with E-state index >= 15 is 0 Å². The first-order valence-corrected chi connectivity index (χ1v) is 9.63. The van der Waals surface area contributed by atoms with Gasteiger partial charge in [-0.15, -0.1) is 0 Å². The van der Waals surface area contributed by atoms with Crippen LogP contribution in [0.3, 0.4) is 0 Å². The number of carbonyl (C=O) groups excluding carboxylic acids is 3. The Bertz CT molecular complexity index is 781. The smallest absolute Gasteiger partial charge is 0.255 e. The van der Waals surface area contributed by atoms with Crippen LogP contribution in [0.2, 0.25) is 0 Å². The fourth-order valence-electron chi connectivity index (χ4n) is 3.78. The van der Waals surface area contributed by atoms with E-state index in [4.69, 9.17) is 4.74 Å². The van der Waals surface area contributed by atoms with Crippen molar-refractivity contribution in [2.24, 2.45) is 0 Å². The Kier molecular flexibility index (Phi) is 5.88. The third-order valence-electron chi connectivity index (χ3n) is 5.46. The van der Waals surface area contributed by atoms with E-state index < -0.39 is 11.7 Å². The molecular weight excluding hydrogens is 360 g/mol. The van der Waals surface area contributed by atoms with Crippen molar-refractivity contribution in [2.45, 2.75) is 44.8 Å². The molecule has 8 heteroatoms. The van der Waals surface area contributed by atoms with Crippen molar-refractivity contribution in [1.29, 1.82) is 0 Å². The average molecular weight is 388 g/mol. The Morgan fingerprint density at radius 2 is 2.11 bits per heavy atom. The predicted octanol–water partition coefficient (Wildman–Crippen LogP) is 1.01. The molecule has 152 valence electrons. The first-order valence-electron chi connectivity index (χ1n) is 9.63. The van der Waals surface area contributed by atoms with Crippen molar-refractivity contribution in [3.8, 4) is 0 Å². The van der Waals surface area contributed by atoms with Crippen LogP contribution < -0.4 is 16.0 Å². The molecule has 2 atom stereocenters. The molecule has 2 aliphatic rings. The molecule has 3 amide bonds. The minimum absolute atomic E-state index is 0.0858. The van der Waals surface area contributed by atoms with Crippen LogP contribution in [0.15, 0.2) is 18.2 Å². The zero-order chi connectivity index (χ0) is 20.3. The molecule has 0 saturated carbocycles. The number of rotatable bonds is 5. The third-order valence-corrected chi connectivity index (χ3v) is 5.46. The molecule has 0 aromatic heterocycles. The molecule has 0 radical (unpaired) electrons. The lowest BCUT2D eigenvalue weighted by atomic mass is 9.94. The molecule has 3 rings (SSSR count). The minimum Gasteiger partial charge on any atom is -0.383 e. The average Bonchev–Trinajstić information content (AvgIpc) is 2.80. The number of nitrogens with zero attached hydrogens (tertiary/aromatic N) is 1.